The van der Waals surface area contributed by atoms with Gasteiger partial charge in [0.2, 0.25) is 0 Å². The van der Waals surface area contributed by atoms with Crippen LogP contribution in [0, 0.1) is 0 Å². The van der Waals surface area contributed by atoms with Crippen molar-refractivity contribution < 1.29 is 13.2 Å². The van der Waals surface area contributed by atoms with Crippen LogP contribution < -0.4 is 5.32 Å². The highest BCUT2D eigenvalue weighted by Crippen LogP contribution is 2.29. The van der Waals surface area contributed by atoms with E-state index in [-0.39, 0.29) is 5.82 Å². The molecule has 0 amide bonds. The van der Waals surface area contributed by atoms with Gasteiger partial charge in [-0.3, -0.25) is 0 Å². The monoisotopic (exact) mass is 230 g/mol. The molecule has 0 saturated heterocycles. The number of halogens is 3. The number of anilines is 1. The summed E-state index contributed by atoms with van der Waals surface area (Å²) in [4.78, 5) is 3.82. The van der Waals surface area contributed by atoms with Gasteiger partial charge in [-0.2, -0.15) is 13.2 Å². The SMILES string of the molecule is C/C=C/CCNc1cc(C(F)(F)F)ccn1. The van der Waals surface area contributed by atoms with Crippen molar-refractivity contribution in [3.63, 3.8) is 0 Å². The predicted molar refractivity (Wildman–Crippen MR) is 57.2 cm³/mol. The van der Waals surface area contributed by atoms with Crippen molar-refractivity contribution in [2.24, 2.45) is 0 Å². The molecule has 5 heteroatoms. The van der Waals surface area contributed by atoms with E-state index in [0.29, 0.717) is 6.54 Å². The van der Waals surface area contributed by atoms with Crippen molar-refractivity contribution in [1.29, 1.82) is 0 Å². The van der Waals surface area contributed by atoms with Crippen LogP contribution >= 0.6 is 0 Å². The quantitative estimate of drug-likeness (QED) is 0.632. The van der Waals surface area contributed by atoms with Gasteiger partial charge >= 0.3 is 6.18 Å². The van der Waals surface area contributed by atoms with Gasteiger partial charge < -0.3 is 5.32 Å². The van der Waals surface area contributed by atoms with Crippen LogP contribution in [-0.2, 0) is 6.18 Å². The molecule has 0 aromatic carbocycles. The highest BCUT2D eigenvalue weighted by Gasteiger charge is 2.30. The lowest BCUT2D eigenvalue weighted by molar-refractivity contribution is -0.137. The Kier molecular flexibility index (Phi) is 4.34. The highest BCUT2D eigenvalue weighted by atomic mass is 19.4. The topological polar surface area (TPSA) is 24.9 Å². The molecule has 0 radical (unpaired) electrons. The molecule has 1 aromatic rings. The van der Waals surface area contributed by atoms with Gasteiger partial charge in [0.15, 0.2) is 0 Å². The van der Waals surface area contributed by atoms with Gasteiger partial charge in [0, 0.05) is 12.7 Å². The summed E-state index contributed by atoms with van der Waals surface area (Å²) < 4.78 is 37.0. The van der Waals surface area contributed by atoms with Crippen molar-refractivity contribution in [3.8, 4) is 0 Å². The lowest BCUT2D eigenvalue weighted by Crippen LogP contribution is -2.08. The summed E-state index contributed by atoms with van der Waals surface area (Å²) >= 11 is 0. The second-order valence-corrected chi connectivity index (χ2v) is 3.21. The van der Waals surface area contributed by atoms with Crippen molar-refractivity contribution in [2.45, 2.75) is 19.5 Å². The predicted octanol–water partition coefficient (Wildman–Crippen LogP) is 3.48. The minimum Gasteiger partial charge on any atom is -0.370 e. The number of nitrogens with one attached hydrogen (secondary N) is 1. The molecule has 0 atom stereocenters. The fourth-order valence-corrected chi connectivity index (χ4v) is 1.15. The number of allylic oxidation sites excluding steroid dienone is 1. The summed E-state index contributed by atoms with van der Waals surface area (Å²) in [6, 6.07) is 1.97. The first kappa shape index (κ1) is 12.5. The first-order valence-electron chi connectivity index (χ1n) is 4.92. The molecule has 2 nitrogen and oxygen atoms in total. The Hall–Kier alpha value is -1.52. The maximum absolute atomic E-state index is 12.3. The van der Waals surface area contributed by atoms with Crippen LogP contribution in [0.15, 0.2) is 30.5 Å². The average molecular weight is 230 g/mol. The van der Waals surface area contributed by atoms with Gasteiger partial charge in [-0.1, -0.05) is 12.2 Å². The summed E-state index contributed by atoms with van der Waals surface area (Å²) in [6.07, 6.45) is 1.42. The smallest absolute Gasteiger partial charge is 0.370 e. The van der Waals surface area contributed by atoms with Gasteiger partial charge in [0.1, 0.15) is 5.82 Å². The number of hydrogen-bond donors (Lipinski definition) is 1. The van der Waals surface area contributed by atoms with E-state index >= 15 is 0 Å². The molecule has 0 aliphatic carbocycles. The molecule has 0 saturated carbocycles. The molecule has 16 heavy (non-hydrogen) atoms. The molecule has 0 fully saturated rings. The lowest BCUT2D eigenvalue weighted by Gasteiger charge is -2.08. The van der Waals surface area contributed by atoms with E-state index in [0.717, 1.165) is 24.8 Å². The summed E-state index contributed by atoms with van der Waals surface area (Å²) in [5, 5.41) is 2.83. The lowest BCUT2D eigenvalue weighted by atomic mass is 10.2. The van der Waals surface area contributed by atoms with Crippen molar-refractivity contribution >= 4 is 5.82 Å². The summed E-state index contributed by atoms with van der Waals surface area (Å²) in [5.41, 5.74) is -0.684. The fourth-order valence-electron chi connectivity index (χ4n) is 1.15. The Labute approximate surface area is 92.2 Å². The zero-order valence-electron chi connectivity index (χ0n) is 8.88. The Balaban J connectivity index is 2.61. The molecule has 1 rings (SSSR count). The normalized spacial score (nSPS) is 12.0. The van der Waals surface area contributed by atoms with Gasteiger partial charge in [0.05, 0.1) is 5.56 Å². The average Bonchev–Trinajstić information content (AvgIpc) is 2.24. The van der Waals surface area contributed by atoms with Crippen LogP contribution in [0.5, 0.6) is 0 Å². The van der Waals surface area contributed by atoms with Crippen LogP contribution in [0.1, 0.15) is 18.9 Å². The molecular weight excluding hydrogens is 217 g/mol. The molecule has 0 aliphatic rings. The van der Waals surface area contributed by atoms with E-state index in [1.54, 1.807) is 0 Å². The van der Waals surface area contributed by atoms with Crippen molar-refractivity contribution in [2.75, 3.05) is 11.9 Å². The minimum absolute atomic E-state index is 0.249. The van der Waals surface area contributed by atoms with Crippen molar-refractivity contribution in [1.82, 2.24) is 4.98 Å². The number of nitrogens with zero attached hydrogens (tertiary/aromatic N) is 1. The van der Waals surface area contributed by atoms with Crippen LogP contribution in [-0.4, -0.2) is 11.5 Å². The van der Waals surface area contributed by atoms with E-state index in [2.05, 4.69) is 10.3 Å². The van der Waals surface area contributed by atoms with E-state index in [4.69, 9.17) is 0 Å². The zero-order chi connectivity index (χ0) is 12.0. The van der Waals surface area contributed by atoms with Crippen LogP contribution in [0.25, 0.3) is 0 Å². The van der Waals surface area contributed by atoms with Crippen LogP contribution in [0.3, 0.4) is 0 Å². The maximum Gasteiger partial charge on any atom is 0.416 e. The number of aromatic nitrogens is 1. The first-order chi connectivity index (χ1) is 7.54. The summed E-state index contributed by atoms with van der Waals surface area (Å²) in [7, 11) is 0. The summed E-state index contributed by atoms with van der Waals surface area (Å²) in [5.74, 6) is 0.249. The van der Waals surface area contributed by atoms with E-state index < -0.39 is 11.7 Å². The molecule has 0 bridgehead atoms. The third-order valence-corrected chi connectivity index (χ3v) is 1.94. The Morgan fingerprint density at radius 3 is 2.81 bits per heavy atom. The number of rotatable bonds is 4. The highest BCUT2D eigenvalue weighted by molar-refractivity contribution is 5.38. The molecule has 88 valence electrons. The second-order valence-electron chi connectivity index (χ2n) is 3.21. The second kappa shape index (κ2) is 5.53. The van der Waals surface area contributed by atoms with Gasteiger partial charge in [-0.05, 0) is 25.5 Å². The zero-order valence-corrected chi connectivity index (χ0v) is 8.88. The standard InChI is InChI=1S/C11H13F3N2/c1-2-3-4-6-15-10-8-9(5-7-16-10)11(12,13)14/h2-3,5,7-8H,4,6H2,1H3,(H,15,16)/b3-2+. The van der Waals surface area contributed by atoms with Crippen molar-refractivity contribution in [3.05, 3.63) is 36.0 Å². The fraction of sp³-hybridized carbons (Fsp3) is 0.364. The third-order valence-electron chi connectivity index (χ3n) is 1.94. The van der Waals surface area contributed by atoms with Gasteiger partial charge in [-0.25, -0.2) is 4.98 Å². The largest absolute Gasteiger partial charge is 0.416 e. The third kappa shape index (κ3) is 3.92. The molecule has 0 unspecified atom stereocenters. The molecule has 1 heterocycles. The van der Waals surface area contributed by atoms with Gasteiger partial charge in [0.25, 0.3) is 0 Å². The first-order valence-corrected chi connectivity index (χ1v) is 4.92. The van der Waals surface area contributed by atoms with Gasteiger partial charge in [-0.15, -0.1) is 0 Å². The molecule has 0 aliphatic heterocycles. The number of alkyl halides is 3. The van der Waals surface area contributed by atoms with Crippen LogP contribution in [0.4, 0.5) is 19.0 Å². The molecule has 0 spiro atoms. The Morgan fingerprint density at radius 1 is 1.44 bits per heavy atom. The molecule has 1 aromatic heterocycles. The number of pyridine rings is 1. The maximum atomic E-state index is 12.3. The Morgan fingerprint density at radius 2 is 2.19 bits per heavy atom. The van der Waals surface area contributed by atoms with Crippen LogP contribution in [0.2, 0.25) is 0 Å². The Bertz CT molecular complexity index is 358. The van der Waals surface area contributed by atoms with E-state index in [9.17, 15) is 13.2 Å². The van der Waals surface area contributed by atoms with E-state index in [1.165, 1.54) is 0 Å². The van der Waals surface area contributed by atoms with E-state index in [1.807, 2.05) is 19.1 Å². The molecular formula is C11H13F3N2. The molecule has 1 N–H and O–H groups in total. The number of hydrogen-bond acceptors (Lipinski definition) is 2. The summed E-state index contributed by atoms with van der Waals surface area (Å²) in [6.45, 7) is 2.46. The minimum atomic E-state index is -4.32.